The molecule has 7 heteroatoms. The minimum absolute atomic E-state index is 0.0753. The molecule has 1 fully saturated rings. The van der Waals surface area contributed by atoms with Gasteiger partial charge in [-0.2, -0.15) is 4.31 Å². The van der Waals surface area contributed by atoms with Crippen molar-refractivity contribution >= 4 is 15.8 Å². The van der Waals surface area contributed by atoms with E-state index in [1.54, 1.807) is 7.05 Å². The number of nitrogen functional groups attached to an aromatic ring is 1. The van der Waals surface area contributed by atoms with Gasteiger partial charge in [0.25, 0.3) is 10.0 Å². The first kappa shape index (κ1) is 14.3. The van der Waals surface area contributed by atoms with Crippen LogP contribution in [0.3, 0.4) is 0 Å². The number of sulfonamides is 1. The molecule has 2 N–H and O–H groups in total. The monoisotopic (exact) mass is 286 g/mol. The Labute approximate surface area is 114 Å². The number of aryl methyl sites for hydroxylation is 1. The highest BCUT2D eigenvalue weighted by Crippen LogP contribution is 2.36. The van der Waals surface area contributed by atoms with Gasteiger partial charge in [-0.1, -0.05) is 20.3 Å². The second-order valence-electron chi connectivity index (χ2n) is 5.61. The summed E-state index contributed by atoms with van der Waals surface area (Å²) in [6, 6.07) is 0. The Bertz CT molecular complexity index is 537. The second kappa shape index (κ2) is 4.79. The number of rotatable bonds is 3. The third kappa shape index (κ3) is 2.49. The van der Waals surface area contributed by atoms with Gasteiger partial charge in [0.2, 0.25) is 0 Å². The van der Waals surface area contributed by atoms with E-state index in [4.69, 9.17) is 5.73 Å². The minimum Gasteiger partial charge on any atom is -0.381 e. The first-order chi connectivity index (χ1) is 8.80. The molecule has 1 aromatic heterocycles. The molecular formula is C12H22N4O2S. The Morgan fingerprint density at radius 2 is 2.00 bits per heavy atom. The summed E-state index contributed by atoms with van der Waals surface area (Å²) < 4.78 is 28.1. The van der Waals surface area contributed by atoms with Crippen LogP contribution in [0.2, 0.25) is 0 Å². The van der Waals surface area contributed by atoms with Gasteiger partial charge in [0.05, 0.1) is 6.33 Å². The minimum atomic E-state index is -3.53. The molecule has 0 aliphatic carbocycles. The molecule has 0 saturated carbocycles. The summed E-state index contributed by atoms with van der Waals surface area (Å²) in [7, 11) is -1.88. The van der Waals surface area contributed by atoms with E-state index in [9.17, 15) is 8.42 Å². The van der Waals surface area contributed by atoms with Gasteiger partial charge in [-0.15, -0.1) is 0 Å². The highest BCUT2D eigenvalue weighted by atomic mass is 32.2. The summed E-state index contributed by atoms with van der Waals surface area (Å²) >= 11 is 0. The lowest BCUT2D eigenvalue weighted by Crippen LogP contribution is -2.42. The molecule has 0 unspecified atom stereocenters. The predicted molar refractivity (Wildman–Crippen MR) is 74.0 cm³/mol. The van der Waals surface area contributed by atoms with Gasteiger partial charge < -0.3 is 10.3 Å². The maximum absolute atomic E-state index is 12.6. The first-order valence-corrected chi connectivity index (χ1v) is 8.01. The fourth-order valence-corrected chi connectivity index (χ4v) is 4.13. The Hall–Kier alpha value is -1.08. The van der Waals surface area contributed by atoms with Crippen LogP contribution in [0, 0.1) is 5.41 Å². The quantitative estimate of drug-likeness (QED) is 0.905. The van der Waals surface area contributed by atoms with Gasteiger partial charge in [-0.3, -0.25) is 0 Å². The van der Waals surface area contributed by atoms with Crippen molar-refractivity contribution in [2.24, 2.45) is 12.5 Å². The predicted octanol–water partition coefficient (Wildman–Crippen LogP) is 1.20. The third-order valence-electron chi connectivity index (χ3n) is 4.28. The summed E-state index contributed by atoms with van der Waals surface area (Å²) in [6.45, 7) is 5.48. The van der Waals surface area contributed by atoms with Crippen molar-refractivity contribution in [1.82, 2.24) is 13.9 Å². The molecule has 0 atom stereocenters. The molecular weight excluding hydrogens is 264 g/mol. The van der Waals surface area contributed by atoms with Gasteiger partial charge in [-0.05, 0) is 18.3 Å². The van der Waals surface area contributed by atoms with E-state index >= 15 is 0 Å². The fraction of sp³-hybridized carbons (Fsp3) is 0.750. The fourth-order valence-electron chi connectivity index (χ4n) is 2.49. The van der Waals surface area contributed by atoms with Crippen molar-refractivity contribution in [2.45, 2.75) is 38.1 Å². The van der Waals surface area contributed by atoms with Gasteiger partial charge in [0.1, 0.15) is 0 Å². The van der Waals surface area contributed by atoms with Crippen LogP contribution in [0.1, 0.15) is 33.1 Å². The van der Waals surface area contributed by atoms with Crippen LogP contribution in [0.15, 0.2) is 11.4 Å². The van der Waals surface area contributed by atoms with E-state index in [0.29, 0.717) is 13.1 Å². The van der Waals surface area contributed by atoms with Crippen LogP contribution in [-0.4, -0.2) is 35.4 Å². The summed E-state index contributed by atoms with van der Waals surface area (Å²) in [4.78, 5) is 3.86. The average molecular weight is 286 g/mol. The van der Waals surface area contributed by atoms with Crippen LogP contribution in [0.25, 0.3) is 0 Å². The lowest BCUT2D eigenvalue weighted by molar-refractivity contribution is 0.168. The molecule has 0 radical (unpaired) electrons. The Balaban J connectivity index is 2.24. The van der Waals surface area contributed by atoms with Crippen LogP contribution >= 0.6 is 0 Å². The second-order valence-corrected chi connectivity index (χ2v) is 7.47. The van der Waals surface area contributed by atoms with Crippen LogP contribution < -0.4 is 5.73 Å². The molecule has 0 amide bonds. The zero-order valence-electron chi connectivity index (χ0n) is 11.8. The Morgan fingerprint density at radius 3 is 2.42 bits per heavy atom. The van der Waals surface area contributed by atoms with Crippen LogP contribution in [0.5, 0.6) is 0 Å². The molecule has 0 bridgehead atoms. The molecule has 0 aromatic carbocycles. The number of aromatic nitrogens is 2. The number of hydrogen-bond donors (Lipinski definition) is 1. The van der Waals surface area contributed by atoms with E-state index < -0.39 is 10.0 Å². The van der Waals surface area contributed by atoms with E-state index in [1.165, 1.54) is 15.2 Å². The molecule has 0 spiro atoms. The molecule has 1 aliphatic rings. The summed E-state index contributed by atoms with van der Waals surface area (Å²) in [5.74, 6) is 0.0753. The lowest BCUT2D eigenvalue weighted by Gasteiger charge is -2.38. The van der Waals surface area contributed by atoms with E-state index in [1.807, 2.05) is 0 Å². The van der Waals surface area contributed by atoms with Gasteiger partial charge >= 0.3 is 0 Å². The van der Waals surface area contributed by atoms with E-state index in [-0.39, 0.29) is 16.3 Å². The van der Waals surface area contributed by atoms with Gasteiger partial charge in [0, 0.05) is 20.1 Å². The van der Waals surface area contributed by atoms with Crippen molar-refractivity contribution in [3.63, 3.8) is 0 Å². The van der Waals surface area contributed by atoms with Gasteiger partial charge in [-0.25, -0.2) is 13.4 Å². The normalized spacial score (nSPS) is 20.6. The van der Waals surface area contributed by atoms with Crippen molar-refractivity contribution in [1.29, 1.82) is 0 Å². The van der Waals surface area contributed by atoms with Crippen molar-refractivity contribution in [3.05, 3.63) is 6.33 Å². The standard InChI is InChI=1S/C12H22N4O2S/c1-4-12(2)5-7-16(8-6-12)19(17,18)11-10(13)14-9-15(11)3/h9H,4-8,13H2,1-3H3. The zero-order valence-corrected chi connectivity index (χ0v) is 12.6. The van der Waals surface area contributed by atoms with Crippen molar-refractivity contribution < 1.29 is 8.42 Å². The largest absolute Gasteiger partial charge is 0.381 e. The smallest absolute Gasteiger partial charge is 0.262 e. The van der Waals surface area contributed by atoms with Gasteiger partial charge in [0.15, 0.2) is 10.8 Å². The topological polar surface area (TPSA) is 81.2 Å². The van der Waals surface area contributed by atoms with Crippen molar-refractivity contribution in [3.8, 4) is 0 Å². The SMILES string of the molecule is CCC1(C)CCN(S(=O)(=O)c2c(N)ncn2C)CC1. The third-order valence-corrected chi connectivity index (χ3v) is 6.31. The zero-order chi connectivity index (χ0) is 14.3. The average Bonchev–Trinajstić information content (AvgIpc) is 2.70. The maximum Gasteiger partial charge on any atom is 0.262 e. The Kier molecular flexibility index (Phi) is 3.61. The molecule has 2 heterocycles. The number of nitrogens with zero attached hydrogens (tertiary/aromatic N) is 3. The Morgan fingerprint density at radius 1 is 1.42 bits per heavy atom. The molecule has 19 heavy (non-hydrogen) atoms. The van der Waals surface area contributed by atoms with E-state index in [0.717, 1.165) is 19.3 Å². The summed E-state index contributed by atoms with van der Waals surface area (Å²) in [5.41, 5.74) is 5.93. The summed E-state index contributed by atoms with van der Waals surface area (Å²) in [5, 5.41) is 0.104. The van der Waals surface area contributed by atoms with Crippen molar-refractivity contribution in [2.75, 3.05) is 18.8 Å². The highest BCUT2D eigenvalue weighted by molar-refractivity contribution is 7.89. The van der Waals surface area contributed by atoms with Crippen LogP contribution in [0.4, 0.5) is 5.82 Å². The molecule has 108 valence electrons. The summed E-state index contributed by atoms with van der Waals surface area (Å²) in [6.07, 6.45) is 4.29. The molecule has 2 rings (SSSR count). The maximum atomic E-state index is 12.6. The lowest BCUT2D eigenvalue weighted by atomic mass is 9.79. The molecule has 1 aromatic rings. The number of imidazole rings is 1. The highest BCUT2D eigenvalue weighted by Gasteiger charge is 2.36. The number of anilines is 1. The molecule has 6 nitrogen and oxygen atoms in total. The van der Waals surface area contributed by atoms with Crippen LogP contribution in [-0.2, 0) is 17.1 Å². The van der Waals surface area contributed by atoms with E-state index in [2.05, 4.69) is 18.8 Å². The number of hydrogen-bond acceptors (Lipinski definition) is 4. The number of piperidine rings is 1. The molecule has 1 aliphatic heterocycles. The number of nitrogens with two attached hydrogens (primary N) is 1. The molecule has 1 saturated heterocycles. The first-order valence-electron chi connectivity index (χ1n) is 6.57.